The van der Waals surface area contributed by atoms with Gasteiger partial charge in [-0.25, -0.2) is 4.39 Å². The molecule has 0 unspecified atom stereocenters. The lowest BCUT2D eigenvalue weighted by Crippen LogP contribution is -2.32. The molecule has 0 bridgehead atoms. The fourth-order valence-electron chi connectivity index (χ4n) is 3.05. The third-order valence-electron chi connectivity index (χ3n) is 4.77. The number of aromatic nitrogens is 4. The number of benzene rings is 1. The fraction of sp³-hybridized carbons (Fsp3) is 0.333. The first kappa shape index (κ1) is 19.6. The first-order chi connectivity index (χ1) is 14.1. The molecule has 1 aromatic carbocycles. The van der Waals surface area contributed by atoms with Gasteiger partial charge in [-0.3, -0.25) is 14.3 Å². The number of pyridine rings is 1. The molecule has 1 atom stereocenters. The lowest BCUT2D eigenvalue weighted by Gasteiger charge is -2.13. The summed E-state index contributed by atoms with van der Waals surface area (Å²) in [6.07, 6.45) is 6.36. The van der Waals surface area contributed by atoms with Crippen molar-refractivity contribution in [1.82, 2.24) is 25.1 Å². The van der Waals surface area contributed by atoms with Crippen molar-refractivity contribution in [3.05, 3.63) is 60.2 Å². The van der Waals surface area contributed by atoms with Crippen molar-refractivity contribution in [2.45, 2.75) is 42.6 Å². The Bertz CT molecular complexity index is 972. The summed E-state index contributed by atoms with van der Waals surface area (Å²) in [5, 5.41) is 12.1. The Kier molecular flexibility index (Phi) is 5.89. The van der Waals surface area contributed by atoms with Crippen LogP contribution in [0.2, 0.25) is 0 Å². The van der Waals surface area contributed by atoms with Crippen molar-refractivity contribution >= 4 is 17.7 Å². The zero-order valence-corrected chi connectivity index (χ0v) is 16.9. The summed E-state index contributed by atoms with van der Waals surface area (Å²) in [5.74, 6) is 0.491. The van der Waals surface area contributed by atoms with Gasteiger partial charge in [-0.05, 0) is 56.0 Å². The second kappa shape index (κ2) is 8.73. The standard InChI is InChI=1S/C21H22FN5OS/c1-14(20(28)24-12-10-15-4-6-17(22)7-5-15)29-21-26-25-19(27(21)18-8-9-18)16-3-2-11-23-13-16/h2-7,11,13-14,18H,8-10,12H2,1H3,(H,24,28)/t14-/m1/s1. The van der Waals surface area contributed by atoms with Crippen LogP contribution in [0.5, 0.6) is 0 Å². The lowest BCUT2D eigenvalue weighted by molar-refractivity contribution is -0.120. The van der Waals surface area contributed by atoms with Crippen LogP contribution in [0.3, 0.4) is 0 Å². The Labute approximate surface area is 173 Å². The highest BCUT2D eigenvalue weighted by Gasteiger charge is 2.31. The molecule has 0 saturated heterocycles. The molecule has 150 valence electrons. The summed E-state index contributed by atoms with van der Waals surface area (Å²) in [6, 6.07) is 10.6. The van der Waals surface area contributed by atoms with Crippen LogP contribution in [0.1, 0.15) is 31.4 Å². The van der Waals surface area contributed by atoms with Crippen LogP contribution in [0.15, 0.2) is 53.9 Å². The van der Waals surface area contributed by atoms with Gasteiger partial charge < -0.3 is 5.32 Å². The summed E-state index contributed by atoms with van der Waals surface area (Å²) < 4.78 is 15.1. The van der Waals surface area contributed by atoms with E-state index in [4.69, 9.17) is 0 Å². The van der Waals surface area contributed by atoms with Crippen molar-refractivity contribution in [2.24, 2.45) is 0 Å². The molecule has 3 aromatic rings. The molecule has 1 aliphatic rings. The predicted octanol–water partition coefficient (Wildman–Crippen LogP) is 3.65. The van der Waals surface area contributed by atoms with E-state index in [0.717, 1.165) is 34.9 Å². The van der Waals surface area contributed by atoms with E-state index in [2.05, 4.69) is 25.1 Å². The largest absolute Gasteiger partial charge is 0.355 e. The molecule has 2 aromatic heterocycles. The van der Waals surface area contributed by atoms with E-state index < -0.39 is 0 Å². The van der Waals surface area contributed by atoms with E-state index in [0.29, 0.717) is 19.0 Å². The molecule has 0 aliphatic heterocycles. The second-order valence-electron chi connectivity index (χ2n) is 7.08. The van der Waals surface area contributed by atoms with Crippen LogP contribution in [0.4, 0.5) is 4.39 Å². The normalized spacial score (nSPS) is 14.6. The van der Waals surface area contributed by atoms with Crippen LogP contribution in [0.25, 0.3) is 11.4 Å². The summed E-state index contributed by atoms with van der Waals surface area (Å²) in [4.78, 5) is 16.7. The van der Waals surface area contributed by atoms with Gasteiger partial charge in [0.2, 0.25) is 5.91 Å². The van der Waals surface area contributed by atoms with Crippen molar-refractivity contribution in [3.8, 4) is 11.4 Å². The molecule has 6 nitrogen and oxygen atoms in total. The zero-order chi connectivity index (χ0) is 20.2. The fourth-order valence-corrected chi connectivity index (χ4v) is 3.99. The van der Waals surface area contributed by atoms with Gasteiger partial charge >= 0.3 is 0 Å². The van der Waals surface area contributed by atoms with Gasteiger partial charge in [0.05, 0.1) is 5.25 Å². The highest BCUT2D eigenvalue weighted by atomic mass is 32.2. The predicted molar refractivity (Wildman–Crippen MR) is 110 cm³/mol. The van der Waals surface area contributed by atoms with E-state index in [-0.39, 0.29) is 17.0 Å². The maximum Gasteiger partial charge on any atom is 0.233 e. The van der Waals surface area contributed by atoms with Crippen molar-refractivity contribution < 1.29 is 9.18 Å². The van der Waals surface area contributed by atoms with E-state index in [1.54, 1.807) is 24.5 Å². The third-order valence-corrected chi connectivity index (χ3v) is 5.83. The molecule has 1 fully saturated rings. The summed E-state index contributed by atoms with van der Waals surface area (Å²) in [5.41, 5.74) is 1.91. The minimum Gasteiger partial charge on any atom is -0.355 e. The molecule has 8 heteroatoms. The van der Waals surface area contributed by atoms with Gasteiger partial charge in [0.15, 0.2) is 11.0 Å². The number of hydrogen-bond acceptors (Lipinski definition) is 5. The Morgan fingerprint density at radius 2 is 2.07 bits per heavy atom. The molecule has 1 aliphatic carbocycles. The number of thioether (sulfide) groups is 1. The number of nitrogens with zero attached hydrogens (tertiary/aromatic N) is 4. The third kappa shape index (κ3) is 4.82. The molecule has 0 radical (unpaired) electrons. The van der Waals surface area contributed by atoms with E-state index in [1.807, 2.05) is 19.1 Å². The second-order valence-corrected chi connectivity index (χ2v) is 8.38. The van der Waals surface area contributed by atoms with Crippen LogP contribution in [-0.4, -0.2) is 37.5 Å². The Morgan fingerprint density at radius 1 is 1.28 bits per heavy atom. The lowest BCUT2D eigenvalue weighted by atomic mass is 10.1. The van der Waals surface area contributed by atoms with Crippen molar-refractivity contribution in [3.63, 3.8) is 0 Å². The number of rotatable bonds is 8. The summed E-state index contributed by atoms with van der Waals surface area (Å²) >= 11 is 1.42. The number of amides is 1. The molecule has 0 spiro atoms. The minimum absolute atomic E-state index is 0.0506. The molecule has 1 saturated carbocycles. The number of hydrogen-bond donors (Lipinski definition) is 1. The summed E-state index contributed by atoms with van der Waals surface area (Å²) in [6.45, 7) is 2.37. The SMILES string of the molecule is C[C@@H](Sc1nnc(-c2cccnc2)n1C1CC1)C(=O)NCCc1ccc(F)cc1. The van der Waals surface area contributed by atoms with Gasteiger partial charge in [-0.2, -0.15) is 0 Å². The molecular weight excluding hydrogens is 389 g/mol. The van der Waals surface area contributed by atoms with Gasteiger partial charge in [0.1, 0.15) is 5.82 Å². The smallest absolute Gasteiger partial charge is 0.233 e. The molecule has 2 heterocycles. The number of halogens is 1. The topological polar surface area (TPSA) is 72.7 Å². The van der Waals surface area contributed by atoms with Crippen LogP contribution >= 0.6 is 11.8 Å². The van der Waals surface area contributed by atoms with Crippen molar-refractivity contribution in [2.75, 3.05) is 6.54 Å². The molecule has 1 amide bonds. The first-order valence-electron chi connectivity index (χ1n) is 9.66. The number of carbonyl (C=O) groups excluding carboxylic acids is 1. The Morgan fingerprint density at radius 3 is 2.76 bits per heavy atom. The van der Waals surface area contributed by atoms with E-state index in [9.17, 15) is 9.18 Å². The van der Waals surface area contributed by atoms with E-state index in [1.165, 1.54) is 23.9 Å². The molecule has 29 heavy (non-hydrogen) atoms. The van der Waals surface area contributed by atoms with Crippen LogP contribution in [-0.2, 0) is 11.2 Å². The number of nitrogens with one attached hydrogen (secondary N) is 1. The summed E-state index contributed by atoms with van der Waals surface area (Å²) in [7, 11) is 0. The Hall–Kier alpha value is -2.74. The maximum absolute atomic E-state index is 13.0. The van der Waals surface area contributed by atoms with Crippen LogP contribution in [0, 0.1) is 5.82 Å². The van der Waals surface area contributed by atoms with Crippen molar-refractivity contribution in [1.29, 1.82) is 0 Å². The average molecular weight is 412 g/mol. The van der Waals surface area contributed by atoms with Gasteiger partial charge in [-0.1, -0.05) is 23.9 Å². The quantitative estimate of drug-likeness (QED) is 0.573. The van der Waals surface area contributed by atoms with Gasteiger partial charge in [0.25, 0.3) is 0 Å². The highest BCUT2D eigenvalue weighted by molar-refractivity contribution is 8.00. The number of carbonyl (C=O) groups is 1. The Balaban J connectivity index is 1.38. The highest BCUT2D eigenvalue weighted by Crippen LogP contribution is 2.41. The van der Waals surface area contributed by atoms with Gasteiger partial charge in [0, 0.05) is 30.5 Å². The molecule has 4 rings (SSSR count). The van der Waals surface area contributed by atoms with E-state index >= 15 is 0 Å². The van der Waals surface area contributed by atoms with Gasteiger partial charge in [-0.15, -0.1) is 10.2 Å². The molecular formula is C21H22FN5OS. The van der Waals surface area contributed by atoms with Crippen LogP contribution < -0.4 is 5.32 Å². The minimum atomic E-state index is -0.299. The molecule has 1 N–H and O–H groups in total. The zero-order valence-electron chi connectivity index (χ0n) is 16.1. The monoisotopic (exact) mass is 411 g/mol. The average Bonchev–Trinajstić information content (AvgIpc) is 3.50. The first-order valence-corrected chi connectivity index (χ1v) is 10.5. The maximum atomic E-state index is 13.0.